The molecule has 0 spiro atoms. The molecule has 2 N–H and O–H groups in total. The van der Waals surface area contributed by atoms with Gasteiger partial charge in [-0.25, -0.2) is 0 Å². The molecule has 1 saturated heterocycles. The Hall–Kier alpha value is -1.84. The lowest BCUT2D eigenvalue weighted by molar-refractivity contribution is 0.142. The van der Waals surface area contributed by atoms with Crippen molar-refractivity contribution < 1.29 is 4.74 Å². The maximum Gasteiger partial charge on any atom is 0.127 e. The fourth-order valence-corrected chi connectivity index (χ4v) is 2.33. The van der Waals surface area contributed by atoms with Crippen LogP contribution in [0.4, 0.5) is 0 Å². The summed E-state index contributed by atoms with van der Waals surface area (Å²) in [4.78, 5) is 2.34. The topological polar surface area (TPSA) is 38.5 Å². The molecule has 2 aromatic carbocycles. The first-order chi connectivity index (χ1) is 9.29. The van der Waals surface area contributed by atoms with Gasteiger partial charge in [0.05, 0.1) is 0 Å². The van der Waals surface area contributed by atoms with Crippen LogP contribution in [0.3, 0.4) is 0 Å². The highest BCUT2D eigenvalue weighted by Crippen LogP contribution is 2.23. The maximum atomic E-state index is 5.83. The number of benzene rings is 2. The highest BCUT2D eigenvalue weighted by molar-refractivity contribution is 5.33. The number of hydrogen-bond donors (Lipinski definition) is 1. The van der Waals surface area contributed by atoms with Crippen molar-refractivity contribution in [2.24, 2.45) is 5.73 Å². The lowest BCUT2D eigenvalue weighted by atomic mass is 10.1. The molecule has 3 rings (SSSR count). The van der Waals surface area contributed by atoms with Crippen molar-refractivity contribution in [3.8, 4) is 11.5 Å². The van der Waals surface area contributed by atoms with E-state index in [1.165, 1.54) is 5.56 Å². The number of para-hydroxylation sites is 1. The largest absolute Gasteiger partial charge is 0.457 e. The predicted octanol–water partition coefficient (Wildman–Crippen LogP) is 2.62. The van der Waals surface area contributed by atoms with Gasteiger partial charge in [0.15, 0.2) is 0 Å². The molecule has 0 bridgehead atoms. The van der Waals surface area contributed by atoms with Crippen LogP contribution in [-0.2, 0) is 6.54 Å². The van der Waals surface area contributed by atoms with Crippen molar-refractivity contribution in [3.63, 3.8) is 0 Å². The van der Waals surface area contributed by atoms with E-state index in [4.69, 9.17) is 10.5 Å². The minimum atomic E-state index is 0.351. The molecule has 0 radical (unpaired) electrons. The molecule has 0 saturated carbocycles. The van der Waals surface area contributed by atoms with Crippen molar-refractivity contribution in [2.45, 2.75) is 12.6 Å². The Morgan fingerprint density at radius 1 is 1.00 bits per heavy atom. The Balaban J connectivity index is 1.66. The second kappa shape index (κ2) is 5.43. The van der Waals surface area contributed by atoms with Gasteiger partial charge < -0.3 is 10.5 Å². The molecular weight excluding hydrogens is 236 g/mol. The zero-order valence-corrected chi connectivity index (χ0v) is 10.8. The summed E-state index contributed by atoms with van der Waals surface area (Å²) in [6, 6.07) is 18.4. The van der Waals surface area contributed by atoms with Crippen molar-refractivity contribution in [3.05, 3.63) is 60.2 Å². The summed E-state index contributed by atoms with van der Waals surface area (Å²) < 4.78 is 5.83. The predicted molar refractivity (Wildman–Crippen MR) is 76.2 cm³/mol. The summed E-state index contributed by atoms with van der Waals surface area (Å²) in [6.07, 6.45) is 0. The number of nitrogens with zero attached hydrogens (tertiary/aromatic N) is 1. The molecule has 1 aliphatic heterocycles. The molecule has 0 aliphatic carbocycles. The maximum absolute atomic E-state index is 5.83. The average Bonchev–Trinajstić information content (AvgIpc) is 2.39. The lowest BCUT2D eigenvalue weighted by Gasteiger charge is -2.36. The van der Waals surface area contributed by atoms with Crippen LogP contribution < -0.4 is 10.5 Å². The zero-order chi connectivity index (χ0) is 13.1. The number of likely N-dealkylation sites (tertiary alicyclic amines) is 1. The average molecular weight is 254 g/mol. The second-order valence-corrected chi connectivity index (χ2v) is 5.02. The first-order valence-corrected chi connectivity index (χ1v) is 6.59. The highest BCUT2D eigenvalue weighted by Gasteiger charge is 2.22. The Morgan fingerprint density at radius 3 is 2.47 bits per heavy atom. The molecule has 3 heteroatoms. The minimum Gasteiger partial charge on any atom is -0.457 e. The van der Waals surface area contributed by atoms with E-state index in [1.807, 2.05) is 42.5 Å². The molecule has 1 heterocycles. The molecule has 0 aromatic heterocycles. The normalized spacial score (nSPS) is 16.1. The molecule has 3 nitrogen and oxygen atoms in total. The molecule has 1 aliphatic rings. The van der Waals surface area contributed by atoms with Gasteiger partial charge in [0, 0.05) is 25.7 Å². The summed E-state index contributed by atoms with van der Waals surface area (Å²) in [5.74, 6) is 1.75. The standard InChI is InChI=1S/C16H18N2O/c17-14-11-18(12-14)10-13-5-4-8-16(9-13)19-15-6-2-1-3-7-15/h1-9,14H,10-12,17H2. The van der Waals surface area contributed by atoms with Crippen LogP contribution in [0, 0.1) is 0 Å². The van der Waals surface area contributed by atoms with Gasteiger partial charge in [0.2, 0.25) is 0 Å². The van der Waals surface area contributed by atoms with Crippen molar-refractivity contribution in [2.75, 3.05) is 13.1 Å². The molecule has 0 atom stereocenters. The summed E-state index contributed by atoms with van der Waals surface area (Å²) in [5.41, 5.74) is 7.05. The van der Waals surface area contributed by atoms with Gasteiger partial charge >= 0.3 is 0 Å². The molecule has 0 unspecified atom stereocenters. The third-order valence-electron chi connectivity index (χ3n) is 3.27. The first-order valence-electron chi connectivity index (χ1n) is 6.59. The summed E-state index contributed by atoms with van der Waals surface area (Å²) in [5, 5.41) is 0. The van der Waals surface area contributed by atoms with Gasteiger partial charge in [-0.05, 0) is 29.8 Å². The Labute approximate surface area is 113 Å². The van der Waals surface area contributed by atoms with E-state index in [9.17, 15) is 0 Å². The third kappa shape index (κ3) is 3.13. The van der Waals surface area contributed by atoms with E-state index in [-0.39, 0.29) is 0 Å². The van der Waals surface area contributed by atoms with Crippen molar-refractivity contribution in [1.29, 1.82) is 0 Å². The minimum absolute atomic E-state index is 0.351. The van der Waals surface area contributed by atoms with E-state index in [2.05, 4.69) is 17.0 Å². The second-order valence-electron chi connectivity index (χ2n) is 5.02. The van der Waals surface area contributed by atoms with Crippen LogP contribution in [0.25, 0.3) is 0 Å². The van der Waals surface area contributed by atoms with Crippen LogP contribution in [0.1, 0.15) is 5.56 Å². The smallest absolute Gasteiger partial charge is 0.127 e. The fourth-order valence-electron chi connectivity index (χ4n) is 2.33. The SMILES string of the molecule is NC1CN(Cc2cccc(Oc3ccccc3)c2)C1. The van der Waals surface area contributed by atoms with Gasteiger partial charge in [-0.3, -0.25) is 4.90 Å². The van der Waals surface area contributed by atoms with Crippen LogP contribution in [0.2, 0.25) is 0 Å². The van der Waals surface area contributed by atoms with E-state index >= 15 is 0 Å². The summed E-state index contributed by atoms with van der Waals surface area (Å²) in [7, 11) is 0. The quantitative estimate of drug-likeness (QED) is 0.911. The highest BCUT2D eigenvalue weighted by atomic mass is 16.5. The van der Waals surface area contributed by atoms with Crippen LogP contribution in [0.5, 0.6) is 11.5 Å². The zero-order valence-electron chi connectivity index (χ0n) is 10.8. The van der Waals surface area contributed by atoms with Crippen LogP contribution in [-0.4, -0.2) is 24.0 Å². The van der Waals surface area contributed by atoms with E-state index in [0.717, 1.165) is 31.1 Å². The van der Waals surface area contributed by atoms with Gasteiger partial charge in [-0.1, -0.05) is 30.3 Å². The molecule has 1 fully saturated rings. The van der Waals surface area contributed by atoms with E-state index in [1.54, 1.807) is 0 Å². The van der Waals surface area contributed by atoms with Gasteiger partial charge in [0.1, 0.15) is 11.5 Å². The Kier molecular flexibility index (Phi) is 3.49. The number of hydrogen-bond acceptors (Lipinski definition) is 3. The van der Waals surface area contributed by atoms with Crippen molar-refractivity contribution >= 4 is 0 Å². The molecule has 98 valence electrons. The van der Waals surface area contributed by atoms with E-state index in [0.29, 0.717) is 6.04 Å². The Morgan fingerprint density at radius 2 is 1.74 bits per heavy atom. The number of nitrogens with two attached hydrogens (primary N) is 1. The fraction of sp³-hybridized carbons (Fsp3) is 0.250. The number of rotatable bonds is 4. The lowest BCUT2D eigenvalue weighted by Crippen LogP contribution is -2.54. The molecule has 2 aromatic rings. The third-order valence-corrected chi connectivity index (χ3v) is 3.27. The summed E-state index contributed by atoms with van der Waals surface area (Å²) in [6.45, 7) is 2.92. The summed E-state index contributed by atoms with van der Waals surface area (Å²) >= 11 is 0. The molecule has 19 heavy (non-hydrogen) atoms. The van der Waals surface area contributed by atoms with Crippen molar-refractivity contribution in [1.82, 2.24) is 4.90 Å². The van der Waals surface area contributed by atoms with E-state index < -0.39 is 0 Å². The van der Waals surface area contributed by atoms with Gasteiger partial charge in [-0.15, -0.1) is 0 Å². The molecule has 0 amide bonds. The first kappa shape index (κ1) is 12.2. The van der Waals surface area contributed by atoms with Crippen LogP contribution in [0.15, 0.2) is 54.6 Å². The number of ether oxygens (including phenoxy) is 1. The van der Waals surface area contributed by atoms with Crippen LogP contribution >= 0.6 is 0 Å². The molecular formula is C16H18N2O. The van der Waals surface area contributed by atoms with Gasteiger partial charge in [0.25, 0.3) is 0 Å². The van der Waals surface area contributed by atoms with Gasteiger partial charge in [-0.2, -0.15) is 0 Å². The Bertz CT molecular complexity index is 535. The monoisotopic (exact) mass is 254 g/mol.